The van der Waals surface area contributed by atoms with Crippen molar-refractivity contribution >= 4 is 33.2 Å². The lowest BCUT2D eigenvalue weighted by atomic mass is 9.98. The lowest BCUT2D eigenvalue weighted by molar-refractivity contribution is -0.138. The summed E-state index contributed by atoms with van der Waals surface area (Å²) in [6, 6.07) is 9.90. The van der Waals surface area contributed by atoms with Crippen molar-refractivity contribution in [1.82, 2.24) is 0 Å². The number of aliphatic carboxylic acids is 1. The Morgan fingerprint density at radius 2 is 2.22 bits per heavy atom. The van der Waals surface area contributed by atoms with Gasteiger partial charge in [-0.2, -0.15) is 0 Å². The first-order valence-corrected chi connectivity index (χ1v) is 7.28. The Bertz CT molecular complexity index is 562. The van der Waals surface area contributed by atoms with Crippen LogP contribution in [-0.4, -0.2) is 11.1 Å². The van der Waals surface area contributed by atoms with Gasteiger partial charge in [-0.1, -0.05) is 24.3 Å². The van der Waals surface area contributed by atoms with Gasteiger partial charge < -0.3 is 5.11 Å². The zero-order valence-corrected chi connectivity index (χ0v) is 12.3. The molecule has 0 saturated carbocycles. The number of carboxylic acid groups (broad SMARTS) is 1. The van der Waals surface area contributed by atoms with Gasteiger partial charge in [-0.25, -0.2) is 0 Å². The molecule has 0 radical (unpaired) electrons. The third-order valence-corrected chi connectivity index (χ3v) is 4.52. The van der Waals surface area contributed by atoms with Crippen LogP contribution >= 0.6 is 27.3 Å². The number of hydrogen-bond acceptors (Lipinski definition) is 2. The van der Waals surface area contributed by atoms with Gasteiger partial charge in [0.05, 0.1) is 5.92 Å². The van der Waals surface area contributed by atoms with Gasteiger partial charge in [-0.05, 0) is 40.0 Å². The van der Waals surface area contributed by atoms with Gasteiger partial charge in [0.2, 0.25) is 0 Å². The number of benzene rings is 1. The Morgan fingerprint density at radius 1 is 1.44 bits per heavy atom. The van der Waals surface area contributed by atoms with E-state index in [2.05, 4.69) is 27.4 Å². The minimum Gasteiger partial charge on any atom is -0.481 e. The van der Waals surface area contributed by atoms with Gasteiger partial charge in [0, 0.05) is 21.2 Å². The molecule has 2 nitrogen and oxygen atoms in total. The average molecular weight is 325 g/mol. The highest BCUT2D eigenvalue weighted by atomic mass is 79.9. The van der Waals surface area contributed by atoms with E-state index < -0.39 is 11.9 Å². The molecule has 1 atom stereocenters. The summed E-state index contributed by atoms with van der Waals surface area (Å²) in [5, 5.41) is 11.1. The van der Waals surface area contributed by atoms with Crippen molar-refractivity contribution in [1.29, 1.82) is 0 Å². The fraction of sp³-hybridized carbons (Fsp3) is 0.214. The number of halogens is 1. The summed E-state index contributed by atoms with van der Waals surface area (Å²) >= 11 is 5.14. The van der Waals surface area contributed by atoms with Crippen LogP contribution in [0.1, 0.15) is 28.8 Å². The van der Waals surface area contributed by atoms with E-state index in [0.717, 1.165) is 22.0 Å². The number of rotatable bonds is 4. The van der Waals surface area contributed by atoms with Crippen molar-refractivity contribution in [2.75, 3.05) is 0 Å². The largest absolute Gasteiger partial charge is 0.481 e. The maximum absolute atomic E-state index is 11.0. The zero-order valence-electron chi connectivity index (χ0n) is 9.89. The highest BCUT2D eigenvalue weighted by Crippen LogP contribution is 2.24. The maximum Gasteiger partial charge on any atom is 0.310 e. The summed E-state index contributed by atoms with van der Waals surface area (Å²) in [4.78, 5) is 12.2. The van der Waals surface area contributed by atoms with Crippen LogP contribution in [0.3, 0.4) is 0 Å². The smallest absolute Gasteiger partial charge is 0.310 e. The van der Waals surface area contributed by atoms with E-state index in [0.29, 0.717) is 0 Å². The van der Waals surface area contributed by atoms with Crippen LogP contribution < -0.4 is 0 Å². The second-order valence-electron chi connectivity index (χ2n) is 4.21. The van der Waals surface area contributed by atoms with Crippen LogP contribution in [0.4, 0.5) is 0 Å². The van der Waals surface area contributed by atoms with Crippen LogP contribution in [-0.2, 0) is 11.2 Å². The molecule has 1 aromatic heterocycles. The first-order valence-electron chi connectivity index (χ1n) is 5.61. The number of carbonyl (C=O) groups is 1. The minimum absolute atomic E-state index is 0.458. The third-order valence-electron chi connectivity index (χ3n) is 2.82. The molecule has 0 spiro atoms. The first kappa shape index (κ1) is 13.3. The van der Waals surface area contributed by atoms with Gasteiger partial charge in [0.25, 0.3) is 0 Å². The van der Waals surface area contributed by atoms with Crippen molar-refractivity contribution < 1.29 is 9.90 Å². The van der Waals surface area contributed by atoms with E-state index in [9.17, 15) is 4.79 Å². The van der Waals surface area contributed by atoms with Crippen molar-refractivity contribution in [3.63, 3.8) is 0 Å². The third kappa shape index (κ3) is 3.21. The number of thiophene rings is 1. The van der Waals surface area contributed by atoms with Crippen molar-refractivity contribution in [3.05, 3.63) is 56.2 Å². The Labute approximate surface area is 118 Å². The lowest BCUT2D eigenvalue weighted by Gasteiger charge is -2.08. The molecule has 2 rings (SSSR count). The van der Waals surface area contributed by atoms with Gasteiger partial charge in [0.1, 0.15) is 0 Å². The maximum atomic E-state index is 11.0. The molecule has 94 valence electrons. The molecule has 1 heterocycles. The molecule has 1 N–H and O–H groups in total. The molecule has 0 aliphatic rings. The molecule has 18 heavy (non-hydrogen) atoms. The van der Waals surface area contributed by atoms with E-state index in [4.69, 9.17) is 5.11 Å². The summed E-state index contributed by atoms with van der Waals surface area (Å²) in [5.41, 5.74) is 2.01. The molecule has 0 fully saturated rings. The second-order valence-corrected chi connectivity index (χ2v) is 6.12. The number of hydrogen-bond donors (Lipinski definition) is 1. The van der Waals surface area contributed by atoms with Crippen molar-refractivity contribution in [2.45, 2.75) is 19.3 Å². The lowest BCUT2D eigenvalue weighted by Crippen LogP contribution is -2.07. The Balaban J connectivity index is 2.19. The Hall–Kier alpha value is -1.13. The van der Waals surface area contributed by atoms with Crippen LogP contribution in [0, 0.1) is 0 Å². The molecular weight excluding hydrogens is 312 g/mol. The van der Waals surface area contributed by atoms with Crippen LogP contribution in [0.5, 0.6) is 0 Å². The van der Waals surface area contributed by atoms with E-state index in [-0.39, 0.29) is 0 Å². The topological polar surface area (TPSA) is 37.3 Å². The molecular formula is C14H13BrO2S. The molecule has 1 unspecified atom stereocenters. The monoisotopic (exact) mass is 324 g/mol. The van der Waals surface area contributed by atoms with Gasteiger partial charge in [0.15, 0.2) is 0 Å². The molecule has 2 aromatic rings. The Kier molecular flexibility index (Phi) is 4.19. The highest BCUT2D eigenvalue weighted by molar-refractivity contribution is 9.10. The van der Waals surface area contributed by atoms with Crippen LogP contribution in [0.2, 0.25) is 0 Å². The summed E-state index contributed by atoms with van der Waals surface area (Å²) in [6.45, 7) is 1.71. The minimum atomic E-state index is -0.786. The van der Waals surface area contributed by atoms with Crippen molar-refractivity contribution in [2.24, 2.45) is 0 Å². The predicted octanol–water partition coefficient (Wildman–Crippen LogP) is 4.29. The van der Waals surface area contributed by atoms with Crippen LogP contribution in [0.25, 0.3) is 0 Å². The quantitative estimate of drug-likeness (QED) is 0.910. The molecule has 0 amide bonds. The second kappa shape index (κ2) is 5.67. The molecule has 0 aliphatic carbocycles. The van der Waals surface area contributed by atoms with Crippen molar-refractivity contribution in [3.8, 4) is 0 Å². The summed E-state index contributed by atoms with van der Waals surface area (Å²) < 4.78 is 1.09. The summed E-state index contributed by atoms with van der Waals surface area (Å²) in [7, 11) is 0. The molecule has 0 bridgehead atoms. The molecule has 0 saturated heterocycles. The first-order chi connectivity index (χ1) is 8.56. The molecule has 4 heteroatoms. The van der Waals surface area contributed by atoms with E-state index in [1.165, 1.54) is 4.88 Å². The highest BCUT2D eigenvalue weighted by Gasteiger charge is 2.13. The number of carboxylic acids is 1. The molecule has 0 aliphatic heterocycles. The normalized spacial score (nSPS) is 12.3. The average Bonchev–Trinajstić information content (AvgIpc) is 2.74. The summed E-state index contributed by atoms with van der Waals surface area (Å²) in [6.07, 6.45) is 0.844. The van der Waals surface area contributed by atoms with Gasteiger partial charge in [-0.3, -0.25) is 4.79 Å². The van der Waals surface area contributed by atoms with E-state index in [1.54, 1.807) is 18.3 Å². The zero-order chi connectivity index (χ0) is 13.1. The van der Waals surface area contributed by atoms with E-state index in [1.807, 2.05) is 24.3 Å². The fourth-order valence-electron chi connectivity index (χ4n) is 1.76. The SMILES string of the molecule is CC(C(=O)O)c1cccc(Cc2cc(Br)cs2)c1. The summed E-state index contributed by atoms with van der Waals surface area (Å²) in [5.74, 6) is -1.24. The standard InChI is InChI=1S/C14H13BrO2S/c1-9(14(16)17)11-4-2-3-10(5-11)6-13-7-12(15)8-18-13/h2-5,7-9H,6H2,1H3,(H,16,17). The van der Waals surface area contributed by atoms with E-state index >= 15 is 0 Å². The van der Waals surface area contributed by atoms with Gasteiger partial charge >= 0.3 is 5.97 Å². The Morgan fingerprint density at radius 3 is 2.83 bits per heavy atom. The fourth-order valence-corrected chi connectivity index (χ4v) is 3.25. The molecule has 1 aromatic carbocycles. The predicted molar refractivity (Wildman–Crippen MR) is 77.3 cm³/mol. The van der Waals surface area contributed by atoms with Crippen LogP contribution in [0.15, 0.2) is 40.2 Å². The van der Waals surface area contributed by atoms with Gasteiger partial charge in [-0.15, -0.1) is 11.3 Å².